The van der Waals surface area contributed by atoms with Crippen molar-refractivity contribution >= 4 is 16.7 Å². The molecule has 2 aromatic carbocycles. The average molecular weight is 215 g/mol. The van der Waals surface area contributed by atoms with Crippen LogP contribution in [0.25, 0.3) is 10.8 Å². The number of carbonyl (C=O) groups is 1. The molecular formula is C13H13NO2. The maximum Gasteiger partial charge on any atom is 0.325 e. The number of fused-ring (bicyclic) bond motifs is 1. The fraction of sp³-hybridized carbons (Fsp3) is 0.154. The molecule has 0 fully saturated rings. The molecule has 1 atom stereocenters. The first-order chi connectivity index (χ1) is 7.61. The van der Waals surface area contributed by atoms with E-state index in [1.165, 1.54) is 0 Å². The lowest BCUT2D eigenvalue weighted by Gasteiger charge is -2.12. The second-order valence-corrected chi connectivity index (χ2v) is 3.83. The van der Waals surface area contributed by atoms with Crippen LogP contribution in [0.1, 0.15) is 17.2 Å². The van der Waals surface area contributed by atoms with Crippen molar-refractivity contribution in [2.24, 2.45) is 5.73 Å². The van der Waals surface area contributed by atoms with E-state index in [2.05, 4.69) is 0 Å². The van der Waals surface area contributed by atoms with Crippen LogP contribution < -0.4 is 5.73 Å². The van der Waals surface area contributed by atoms with E-state index in [0.717, 1.165) is 16.3 Å². The molecule has 3 heteroatoms. The molecule has 3 N–H and O–H groups in total. The molecule has 16 heavy (non-hydrogen) atoms. The van der Waals surface area contributed by atoms with Crippen molar-refractivity contribution in [3.05, 3.63) is 47.5 Å². The largest absolute Gasteiger partial charge is 0.480 e. The molecule has 0 unspecified atom stereocenters. The van der Waals surface area contributed by atoms with Gasteiger partial charge in [0.1, 0.15) is 6.04 Å². The van der Waals surface area contributed by atoms with Crippen molar-refractivity contribution in [3.8, 4) is 0 Å². The molecule has 82 valence electrons. The zero-order chi connectivity index (χ0) is 11.7. The Morgan fingerprint density at radius 1 is 1.19 bits per heavy atom. The number of aryl methyl sites for hydroxylation is 1. The quantitative estimate of drug-likeness (QED) is 0.807. The van der Waals surface area contributed by atoms with E-state index < -0.39 is 12.0 Å². The number of hydrogen-bond acceptors (Lipinski definition) is 2. The number of aliphatic carboxylic acids is 1. The predicted molar refractivity (Wildman–Crippen MR) is 63.2 cm³/mol. The van der Waals surface area contributed by atoms with E-state index in [0.29, 0.717) is 5.56 Å². The van der Waals surface area contributed by atoms with Crippen LogP contribution in [-0.4, -0.2) is 11.1 Å². The van der Waals surface area contributed by atoms with E-state index >= 15 is 0 Å². The summed E-state index contributed by atoms with van der Waals surface area (Å²) in [4.78, 5) is 10.9. The zero-order valence-corrected chi connectivity index (χ0v) is 8.97. The van der Waals surface area contributed by atoms with Crippen molar-refractivity contribution < 1.29 is 9.90 Å². The second-order valence-electron chi connectivity index (χ2n) is 3.83. The molecule has 0 aliphatic rings. The highest BCUT2D eigenvalue weighted by Crippen LogP contribution is 2.25. The van der Waals surface area contributed by atoms with Gasteiger partial charge < -0.3 is 10.8 Å². The van der Waals surface area contributed by atoms with Crippen LogP contribution in [0.3, 0.4) is 0 Å². The van der Waals surface area contributed by atoms with Gasteiger partial charge in [0.2, 0.25) is 0 Å². The summed E-state index contributed by atoms with van der Waals surface area (Å²) in [6.45, 7) is 2.00. The summed E-state index contributed by atoms with van der Waals surface area (Å²) in [6.07, 6.45) is 0. The number of nitrogens with two attached hydrogens (primary N) is 1. The topological polar surface area (TPSA) is 63.3 Å². The Hall–Kier alpha value is -1.87. The maximum atomic E-state index is 10.9. The molecule has 0 aromatic heterocycles. The van der Waals surface area contributed by atoms with Gasteiger partial charge >= 0.3 is 5.97 Å². The van der Waals surface area contributed by atoms with Gasteiger partial charge in [0, 0.05) is 0 Å². The van der Waals surface area contributed by atoms with Gasteiger partial charge in [0.25, 0.3) is 0 Å². The first-order valence-corrected chi connectivity index (χ1v) is 5.08. The Morgan fingerprint density at radius 3 is 2.44 bits per heavy atom. The number of carboxylic acids is 1. The van der Waals surface area contributed by atoms with Crippen LogP contribution in [-0.2, 0) is 4.79 Å². The molecule has 0 aliphatic carbocycles. The third-order valence-corrected chi connectivity index (χ3v) is 2.78. The zero-order valence-electron chi connectivity index (χ0n) is 8.97. The van der Waals surface area contributed by atoms with E-state index in [1.807, 2.05) is 37.3 Å². The molecule has 0 aliphatic heterocycles. The Labute approximate surface area is 93.5 Å². The first-order valence-electron chi connectivity index (χ1n) is 5.08. The molecule has 0 saturated carbocycles. The SMILES string of the molecule is Cc1ccc([C@@H](N)C(=O)O)c2ccccc12. The van der Waals surface area contributed by atoms with Crippen LogP contribution in [0.2, 0.25) is 0 Å². The van der Waals surface area contributed by atoms with Crippen molar-refractivity contribution in [1.29, 1.82) is 0 Å². The minimum Gasteiger partial charge on any atom is -0.480 e. The van der Waals surface area contributed by atoms with Crippen molar-refractivity contribution in [3.63, 3.8) is 0 Å². The Bertz CT molecular complexity index is 549. The van der Waals surface area contributed by atoms with Gasteiger partial charge in [-0.1, -0.05) is 36.4 Å². The lowest BCUT2D eigenvalue weighted by Crippen LogP contribution is -2.20. The highest BCUT2D eigenvalue weighted by molar-refractivity contribution is 5.92. The lowest BCUT2D eigenvalue weighted by molar-refractivity contribution is -0.138. The molecular weight excluding hydrogens is 202 g/mol. The number of hydrogen-bond donors (Lipinski definition) is 2. The fourth-order valence-corrected chi connectivity index (χ4v) is 1.88. The Morgan fingerprint density at radius 2 is 1.81 bits per heavy atom. The highest BCUT2D eigenvalue weighted by Gasteiger charge is 2.16. The maximum absolute atomic E-state index is 10.9. The van der Waals surface area contributed by atoms with Gasteiger partial charge in [0.05, 0.1) is 0 Å². The number of benzene rings is 2. The Balaban J connectivity index is 2.72. The van der Waals surface area contributed by atoms with Crippen molar-refractivity contribution in [1.82, 2.24) is 0 Å². The summed E-state index contributed by atoms with van der Waals surface area (Å²) in [5.74, 6) is -1.01. The van der Waals surface area contributed by atoms with Gasteiger partial charge in [-0.25, -0.2) is 0 Å². The smallest absolute Gasteiger partial charge is 0.325 e. The molecule has 0 heterocycles. The van der Waals surface area contributed by atoms with Gasteiger partial charge in [-0.15, -0.1) is 0 Å². The highest BCUT2D eigenvalue weighted by atomic mass is 16.4. The summed E-state index contributed by atoms with van der Waals surface area (Å²) < 4.78 is 0. The summed E-state index contributed by atoms with van der Waals surface area (Å²) in [7, 11) is 0. The van der Waals surface area contributed by atoms with E-state index in [4.69, 9.17) is 10.8 Å². The van der Waals surface area contributed by atoms with Crippen LogP contribution in [0.5, 0.6) is 0 Å². The second kappa shape index (κ2) is 3.94. The molecule has 0 spiro atoms. The molecule has 0 bridgehead atoms. The minimum absolute atomic E-state index is 0.661. The predicted octanol–water partition coefficient (Wildman–Crippen LogP) is 2.23. The average Bonchev–Trinajstić information content (AvgIpc) is 2.29. The van der Waals surface area contributed by atoms with Crippen LogP contribution >= 0.6 is 0 Å². The molecule has 0 amide bonds. The molecule has 0 radical (unpaired) electrons. The fourth-order valence-electron chi connectivity index (χ4n) is 1.88. The summed E-state index contributed by atoms with van der Waals surface area (Å²) >= 11 is 0. The molecule has 3 nitrogen and oxygen atoms in total. The Kier molecular flexibility index (Phi) is 2.62. The van der Waals surface area contributed by atoms with Crippen LogP contribution in [0, 0.1) is 6.92 Å². The van der Waals surface area contributed by atoms with Crippen molar-refractivity contribution in [2.45, 2.75) is 13.0 Å². The van der Waals surface area contributed by atoms with Crippen LogP contribution in [0.15, 0.2) is 36.4 Å². The van der Waals surface area contributed by atoms with Gasteiger partial charge in [-0.3, -0.25) is 4.79 Å². The molecule has 2 aromatic rings. The van der Waals surface area contributed by atoms with E-state index in [1.54, 1.807) is 6.07 Å². The summed E-state index contributed by atoms with van der Waals surface area (Å²) in [5.41, 5.74) is 7.44. The molecule has 2 rings (SSSR count). The lowest BCUT2D eigenvalue weighted by atomic mass is 9.96. The monoisotopic (exact) mass is 215 g/mol. The standard InChI is InChI=1S/C13H13NO2/c1-8-6-7-11(12(14)13(15)16)10-5-3-2-4-9(8)10/h2-7,12H,14H2,1H3,(H,15,16)/t12-/m1/s1. The van der Waals surface area contributed by atoms with Gasteiger partial charge in [-0.2, -0.15) is 0 Å². The van der Waals surface area contributed by atoms with Gasteiger partial charge in [0.15, 0.2) is 0 Å². The first kappa shape index (κ1) is 10.6. The van der Waals surface area contributed by atoms with Gasteiger partial charge in [-0.05, 0) is 28.8 Å². The van der Waals surface area contributed by atoms with Crippen LogP contribution in [0.4, 0.5) is 0 Å². The minimum atomic E-state index is -1.01. The third kappa shape index (κ3) is 1.66. The summed E-state index contributed by atoms with van der Waals surface area (Å²) in [5, 5.41) is 10.9. The van der Waals surface area contributed by atoms with E-state index in [-0.39, 0.29) is 0 Å². The van der Waals surface area contributed by atoms with Crippen molar-refractivity contribution in [2.75, 3.05) is 0 Å². The number of carboxylic acid groups (broad SMARTS) is 1. The van der Waals surface area contributed by atoms with E-state index in [9.17, 15) is 4.79 Å². The molecule has 0 saturated heterocycles. The normalized spacial score (nSPS) is 12.6. The summed E-state index contributed by atoms with van der Waals surface area (Å²) in [6, 6.07) is 10.4. The third-order valence-electron chi connectivity index (χ3n) is 2.78. The number of rotatable bonds is 2.